The Morgan fingerprint density at radius 2 is 2.00 bits per heavy atom. The van der Waals surface area contributed by atoms with Crippen LogP contribution < -0.4 is 4.90 Å². The fourth-order valence-electron chi connectivity index (χ4n) is 3.76. The zero-order valence-electron chi connectivity index (χ0n) is 14.2. The van der Waals surface area contributed by atoms with Crippen molar-refractivity contribution in [3.8, 4) is 0 Å². The molecule has 0 saturated heterocycles. The van der Waals surface area contributed by atoms with Crippen LogP contribution in [0.25, 0.3) is 0 Å². The summed E-state index contributed by atoms with van der Waals surface area (Å²) in [5.74, 6) is 1.12. The molecule has 5 heteroatoms. The number of rotatable bonds is 2. The molecule has 0 radical (unpaired) electrons. The molecule has 1 aliphatic carbocycles. The van der Waals surface area contributed by atoms with Gasteiger partial charge in [-0.1, -0.05) is 24.3 Å². The maximum Gasteiger partial charge on any atom is 0.230 e. The molecule has 1 amide bonds. The number of benzene rings is 1. The highest BCUT2D eigenvalue weighted by Gasteiger charge is 2.33. The lowest BCUT2D eigenvalue weighted by atomic mass is 9.98. The van der Waals surface area contributed by atoms with Gasteiger partial charge in [0.25, 0.3) is 0 Å². The van der Waals surface area contributed by atoms with E-state index >= 15 is 0 Å². The van der Waals surface area contributed by atoms with Gasteiger partial charge >= 0.3 is 0 Å². The summed E-state index contributed by atoms with van der Waals surface area (Å²) < 4.78 is 0. The predicted molar refractivity (Wildman–Crippen MR) is 93.0 cm³/mol. The van der Waals surface area contributed by atoms with Gasteiger partial charge in [-0.3, -0.25) is 4.79 Å². The minimum atomic E-state index is 0.0193. The third-order valence-corrected chi connectivity index (χ3v) is 5.13. The number of nitrogens with zero attached hydrogens (tertiary/aromatic N) is 4. The molecule has 0 bridgehead atoms. The number of aromatic nitrogens is 2. The number of fused-ring (bicyclic) bond motifs is 2. The van der Waals surface area contributed by atoms with Crippen LogP contribution in [-0.2, 0) is 24.2 Å². The molecule has 2 aromatic rings. The minimum Gasteiger partial charge on any atom is -0.361 e. The van der Waals surface area contributed by atoms with Gasteiger partial charge in [0.2, 0.25) is 5.91 Å². The Morgan fingerprint density at radius 3 is 2.83 bits per heavy atom. The summed E-state index contributed by atoms with van der Waals surface area (Å²) in [5.41, 5.74) is 4.69. The van der Waals surface area contributed by atoms with Gasteiger partial charge in [0.1, 0.15) is 0 Å². The Kier molecular flexibility index (Phi) is 3.71. The van der Waals surface area contributed by atoms with E-state index in [-0.39, 0.29) is 11.8 Å². The molecule has 1 aromatic carbocycles. The number of carbonyl (C=O) groups excluding carboxylic acids is 1. The molecule has 2 aliphatic rings. The van der Waals surface area contributed by atoms with Crippen LogP contribution >= 0.6 is 0 Å². The average Bonchev–Trinajstić information content (AvgIpc) is 3.04. The highest BCUT2D eigenvalue weighted by Crippen LogP contribution is 2.35. The van der Waals surface area contributed by atoms with E-state index in [0.717, 1.165) is 42.9 Å². The Balaban J connectivity index is 1.56. The summed E-state index contributed by atoms with van der Waals surface area (Å²) in [6, 6.07) is 10.4. The molecule has 0 fully saturated rings. The Bertz CT molecular complexity index is 787. The third-order valence-electron chi connectivity index (χ3n) is 5.13. The van der Waals surface area contributed by atoms with Crippen LogP contribution in [0.15, 0.2) is 30.3 Å². The van der Waals surface area contributed by atoms with Gasteiger partial charge in [-0.05, 0) is 35.6 Å². The monoisotopic (exact) mass is 322 g/mol. The van der Waals surface area contributed by atoms with Crippen LogP contribution in [-0.4, -0.2) is 41.6 Å². The van der Waals surface area contributed by atoms with Crippen molar-refractivity contribution in [3.05, 3.63) is 52.7 Å². The van der Waals surface area contributed by atoms with Crippen LogP contribution in [0, 0.1) is 0 Å². The highest BCUT2D eigenvalue weighted by atomic mass is 16.2. The molecular formula is C19H22N4O. The topological polar surface area (TPSA) is 49.3 Å². The lowest BCUT2D eigenvalue weighted by Crippen LogP contribution is -2.39. The summed E-state index contributed by atoms with van der Waals surface area (Å²) in [4.78, 5) is 17.0. The van der Waals surface area contributed by atoms with Crippen molar-refractivity contribution in [3.63, 3.8) is 0 Å². The van der Waals surface area contributed by atoms with Crippen molar-refractivity contribution in [2.24, 2.45) is 0 Å². The maximum absolute atomic E-state index is 13.1. The van der Waals surface area contributed by atoms with E-state index in [1.54, 1.807) is 0 Å². The fourth-order valence-corrected chi connectivity index (χ4v) is 3.76. The quantitative estimate of drug-likeness (QED) is 0.850. The van der Waals surface area contributed by atoms with Crippen molar-refractivity contribution in [2.45, 2.75) is 31.7 Å². The van der Waals surface area contributed by atoms with Gasteiger partial charge < -0.3 is 9.80 Å². The lowest BCUT2D eigenvalue weighted by molar-refractivity contribution is -0.133. The first-order valence-electron chi connectivity index (χ1n) is 8.53. The molecule has 0 N–H and O–H groups in total. The van der Waals surface area contributed by atoms with Crippen molar-refractivity contribution < 1.29 is 4.79 Å². The van der Waals surface area contributed by atoms with Gasteiger partial charge in [-0.25, -0.2) is 0 Å². The Labute approximate surface area is 142 Å². The Hall–Kier alpha value is -2.43. The second-order valence-corrected chi connectivity index (χ2v) is 6.87. The Morgan fingerprint density at radius 1 is 1.17 bits per heavy atom. The van der Waals surface area contributed by atoms with E-state index in [1.165, 1.54) is 11.1 Å². The van der Waals surface area contributed by atoms with Crippen LogP contribution in [0.5, 0.6) is 0 Å². The van der Waals surface area contributed by atoms with Crippen LogP contribution in [0.2, 0.25) is 0 Å². The second-order valence-electron chi connectivity index (χ2n) is 6.87. The molecule has 1 aliphatic heterocycles. The normalized spacial score (nSPS) is 18.9. The van der Waals surface area contributed by atoms with E-state index in [0.29, 0.717) is 6.54 Å². The van der Waals surface area contributed by atoms with E-state index in [9.17, 15) is 4.79 Å². The summed E-state index contributed by atoms with van der Waals surface area (Å²) in [7, 11) is 3.91. The van der Waals surface area contributed by atoms with Crippen molar-refractivity contribution >= 4 is 11.7 Å². The SMILES string of the molecule is CN(C)c1cc2c(nn1)CCN(C(=O)[C@H]1CCc3ccccc31)C2. The van der Waals surface area contributed by atoms with Gasteiger partial charge in [0, 0.05) is 33.6 Å². The molecule has 1 aromatic heterocycles. The second kappa shape index (κ2) is 5.89. The molecular weight excluding hydrogens is 300 g/mol. The molecule has 0 spiro atoms. The molecule has 0 unspecified atom stereocenters. The number of amides is 1. The van der Waals surface area contributed by atoms with Gasteiger partial charge in [0.05, 0.1) is 11.6 Å². The third kappa shape index (κ3) is 2.54. The van der Waals surface area contributed by atoms with E-state index in [4.69, 9.17) is 0 Å². The van der Waals surface area contributed by atoms with E-state index in [2.05, 4.69) is 34.5 Å². The van der Waals surface area contributed by atoms with Crippen molar-refractivity contribution in [2.75, 3.05) is 25.5 Å². The molecule has 0 saturated carbocycles. The molecule has 124 valence electrons. The van der Waals surface area contributed by atoms with Crippen LogP contribution in [0.4, 0.5) is 5.82 Å². The number of anilines is 1. The smallest absolute Gasteiger partial charge is 0.230 e. The first kappa shape index (κ1) is 15.1. The van der Waals surface area contributed by atoms with Crippen LogP contribution in [0.3, 0.4) is 0 Å². The standard InChI is InChI=1S/C19H22N4O/c1-22(2)18-11-14-12-23(10-9-17(14)20-21-18)19(24)16-8-7-13-5-3-4-6-15(13)16/h3-6,11,16H,7-10,12H2,1-2H3/t16-/m0/s1. The number of hydrogen-bond donors (Lipinski definition) is 0. The first-order chi connectivity index (χ1) is 11.6. The summed E-state index contributed by atoms with van der Waals surface area (Å²) in [5, 5.41) is 8.58. The van der Waals surface area contributed by atoms with E-state index in [1.807, 2.05) is 30.0 Å². The van der Waals surface area contributed by atoms with Gasteiger partial charge in [-0.2, -0.15) is 5.10 Å². The predicted octanol–water partition coefficient (Wildman–Crippen LogP) is 2.16. The summed E-state index contributed by atoms with van der Waals surface area (Å²) in [6.45, 7) is 1.38. The lowest BCUT2D eigenvalue weighted by Gasteiger charge is -2.30. The zero-order valence-corrected chi connectivity index (χ0v) is 14.2. The van der Waals surface area contributed by atoms with E-state index < -0.39 is 0 Å². The first-order valence-corrected chi connectivity index (χ1v) is 8.53. The molecule has 2 heterocycles. The summed E-state index contributed by atoms with van der Waals surface area (Å²) in [6.07, 6.45) is 2.72. The molecule has 4 rings (SSSR count). The highest BCUT2D eigenvalue weighted by molar-refractivity contribution is 5.85. The number of carbonyl (C=O) groups is 1. The number of hydrogen-bond acceptors (Lipinski definition) is 4. The zero-order chi connectivity index (χ0) is 16.7. The van der Waals surface area contributed by atoms with Crippen LogP contribution in [0.1, 0.15) is 34.7 Å². The molecule has 1 atom stereocenters. The maximum atomic E-state index is 13.1. The fraction of sp³-hybridized carbons (Fsp3) is 0.421. The van der Waals surface area contributed by atoms with Crippen molar-refractivity contribution in [1.82, 2.24) is 15.1 Å². The largest absolute Gasteiger partial charge is 0.361 e. The molecule has 24 heavy (non-hydrogen) atoms. The van der Waals surface area contributed by atoms with Gasteiger partial charge in [0.15, 0.2) is 5.82 Å². The average molecular weight is 322 g/mol. The van der Waals surface area contributed by atoms with Gasteiger partial charge in [-0.15, -0.1) is 5.10 Å². The van der Waals surface area contributed by atoms with Crippen molar-refractivity contribution in [1.29, 1.82) is 0 Å². The number of aryl methyl sites for hydroxylation is 1. The minimum absolute atomic E-state index is 0.0193. The molecule has 5 nitrogen and oxygen atoms in total. The summed E-state index contributed by atoms with van der Waals surface area (Å²) >= 11 is 0.